The minimum absolute atomic E-state index is 0.878. The van der Waals surface area contributed by atoms with Crippen molar-refractivity contribution in [3.8, 4) is 0 Å². The Kier molecular flexibility index (Phi) is 1.84. The second-order valence-electron chi connectivity index (χ2n) is 2.36. The van der Waals surface area contributed by atoms with Crippen LogP contribution in [-0.4, -0.2) is 4.32 Å². The van der Waals surface area contributed by atoms with Gasteiger partial charge in [0, 0.05) is 11.4 Å². The van der Waals surface area contributed by atoms with E-state index in [1.165, 1.54) is 5.56 Å². The van der Waals surface area contributed by atoms with E-state index in [0.717, 1.165) is 15.8 Å². The lowest BCUT2D eigenvalue weighted by Crippen LogP contribution is -2.11. The van der Waals surface area contributed by atoms with Crippen molar-refractivity contribution in [2.45, 2.75) is 5.75 Å². The van der Waals surface area contributed by atoms with E-state index >= 15 is 0 Å². The molecular formula is C8H7NS2. The number of rotatable bonds is 0. The first-order valence-corrected chi connectivity index (χ1v) is 4.77. The fourth-order valence-electron chi connectivity index (χ4n) is 1.06. The van der Waals surface area contributed by atoms with Gasteiger partial charge in [0.1, 0.15) is 4.32 Å². The van der Waals surface area contributed by atoms with Crippen LogP contribution in [0.1, 0.15) is 5.56 Å². The normalized spacial score (nSPS) is 15.5. The third kappa shape index (κ3) is 1.39. The summed E-state index contributed by atoms with van der Waals surface area (Å²) < 4.78 is 0.878. The minimum Gasteiger partial charge on any atom is -0.341 e. The van der Waals surface area contributed by atoms with Crippen molar-refractivity contribution >= 4 is 34.0 Å². The summed E-state index contributed by atoms with van der Waals surface area (Å²) in [6, 6.07) is 8.25. The summed E-state index contributed by atoms with van der Waals surface area (Å²) in [5.41, 5.74) is 2.50. The van der Waals surface area contributed by atoms with Crippen LogP contribution in [0.15, 0.2) is 24.3 Å². The topological polar surface area (TPSA) is 12.0 Å². The van der Waals surface area contributed by atoms with Gasteiger partial charge in [-0.2, -0.15) is 0 Å². The number of para-hydroxylation sites is 1. The Labute approximate surface area is 75.2 Å². The van der Waals surface area contributed by atoms with Gasteiger partial charge in [-0.15, -0.1) is 0 Å². The van der Waals surface area contributed by atoms with Crippen LogP contribution in [0, 0.1) is 0 Å². The number of thioether (sulfide) groups is 1. The van der Waals surface area contributed by atoms with Crippen molar-refractivity contribution in [3.05, 3.63) is 29.8 Å². The molecule has 0 aliphatic carbocycles. The molecule has 1 nitrogen and oxygen atoms in total. The van der Waals surface area contributed by atoms with Crippen molar-refractivity contribution < 1.29 is 0 Å². The summed E-state index contributed by atoms with van der Waals surface area (Å²) in [5, 5.41) is 3.15. The molecule has 0 aromatic heterocycles. The van der Waals surface area contributed by atoms with Crippen molar-refractivity contribution in [1.82, 2.24) is 0 Å². The number of hydrogen-bond donors (Lipinski definition) is 1. The molecule has 0 radical (unpaired) electrons. The molecule has 3 heteroatoms. The van der Waals surface area contributed by atoms with Crippen molar-refractivity contribution in [2.75, 3.05) is 5.32 Å². The average Bonchev–Trinajstić information content (AvgIpc) is 2.04. The maximum absolute atomic E-state index is 5.03. The van der Waals surface area contributed by atoms with E-state index in [0.29, 0.717) is 0 Å². The molecule has 1 aliphatic heterocycles. The van der Waals surface area contributed by atoms with E-state index in [1.54, 1.807) is 11.8 Å². The van der Waals surface area contributed by atoms with Crippen LogP contribution in [0.4, 0.5) is 5.69 Å². The van der Waals surface area contributed by atoms with E-state index in [2.05, 4.69) is 23.5 Å². The summed E-state index contributed by atoms with van der Waals surface area (Å²) in [4.78, 5) is 0. The van der Waals surface area contributed by atoms with Crippen LogP contribution in [-0.2, 0) is 5.75 Å². The van der Waals surface area contributed by atoms with E-state index in [-0.39, 0.29) is 0 Å². The summed E-state index contributed by atoms with van der Waals surface area (Å²) in [6.45, 7) is 0. The zero-order chi connectivity index (χ0) is 7.68. The zero-order valence-electron chi connectivity index (χ0n) is 5.83. The molecule has 0 amide bonds. The molecular weight excluding hydrogens is 174 g/mol. The second-order valence-corrected chi connectivity index (χ2v) is 4.01. The number of thiocarbonyl (C=S) groups is 1. The minimum atomic E-state index is 0.878. The van der Waals surface area contributed by atoms with Crippen LogP contribution >= 0.6 is 24.0 Å². The summed E-state index contributed by atoms with van der Waals surface area (Å²) in [6.07, 6.45) is 0. The smallest absolute Gasteiger partial charge is 0.138 e. The third-order valence-corrected chi connectivity index (χ3v) is 2.89. The van der Waals surface area contributed by atoms with Crippen LogP contribution in [0.25, 0.3) is 0 Å². The van der Waals surface area contributed by atoms with Gasteiger partial charge in [0.2, 0.25) is 0 Å². The Balaban J connectivity index is 2.41. The highest BCUT2D eigenvalue weighted by Gasteiger charge is 2.10. The number of nitrogens with one attached hydrogen (secondary N) is 1. The lowest BCUT2D eigenvalue weighted by atomic mass is 10.2. The van der Waals surface area contributed by atoms with E-state index < -0.39 is 0 Å². The number of anilines is 1. The molecule has 0 bridgehead atoms. The highest BCUT2D eigenvalue weighted by atomic mass is 32.2. The molecule has 1 aliphatic rings. The molecule has 56 valence electrons. The molecule has 1 aromatic rings. The molecule has 0 saturated heterocycles. The Morgan fingerprint density at radius 3 is 3.09 bits per heavy atom. The Morgan fingerprint density at radius 1 is 1.36 bits per heavy atom. The summed E-state index contributed by atoms with van der Waals surface area (Å²) in [7, 11) is 0. The fraction of sp³-hybridized carbons (Fsp3) is 0.125. The zero-order valence-corrected chi connectivity index (χ0v) is 7.47. The maximum atomic E-state index is 5.03. The van der Waals surface area contributed by atoms with E-state index in [9.17, 15) is 0 Å². The molecule has 0 spiro atoms. The van der Waals surface area contributed by atoms with Gasteiger partial charge < -0.3 is 5.32 Å². The molecule has 0 unspecified atom stereocenters. The highest BCUT2D eigenvalue weighted by Crippen LogP contribution is 2.27. The molecule has 0 fully saturated rings. The van der Waals surface area contributed by atoms with Crippen molar-refractivity contribution in [1.29, 1.82) is 0 Å². The van der Waals surface area contributed by atoms with Gasteiger partial charge in [-0.05, 0) is 11.6 Å². The monoisotopic (exact) mass is 181 g/mol. The number of fused-ring (bicyclic) bond motifs is 1. The van der Waals surface area contributed by atoms with Crippen LogP contribution in [0.3, 0.4) is 0 Å². The summed E-state index contributed by atoms with van der Waals surface area (Å²) in [5.74, 6) is 1.00. The highest BCUT2D eigenvalue weighted by molar-refractivity contribution is 8.22. The first-order valence-electron chi connectivity index (χ1n) is 3.38. The molecule has 0 atom stereocenters. The van der Waals surface area contributed by atoms with Crippen LogP contribution < -0.4 is 5.32 Å². The standard InChI is InChI=1S/C8H7NS2/c10-8-9-7-4-2-1-3-6(7)5-11-8/h1-4H,5H2,(H,9,10). The molecule has 1 N–H and O–H groups in total. The van der Waals surface area contributed by atoms with Gasteiger partial charge in [-0.3, -0.25) is 0 Å². The Morgan fingerprint density at radius 2 is 2.18 bits per heavy atom. The van der Waals surface area contributed by atoms with Gasteiger partial charge in [0.05, 0.1) is 0 Å². The van der Waals surface area contributed by atoms with Crippen molar-refractivity contribution in [2.24, 2.45) is 0 Å². The quantitative estimate of drug-likeness (QED) is 0.618. The average molecular weight is 181 g/mol. The maximum Gasteiger partial charge on any atom is 0.138 e. The van der Waals surface area contributed by atoms with Gasteiger partial charge in [-0.25, -0.2) is 0 Å². The largest absolute Gasteiger partial charge is 0.341 e. The van der Waals surface area contributed by atoms with E-state index in [1.807, 2.05) is 6.07 Å². The van der Waals surface area contributed by atoms with Gasteiger partial charge in [0.25, 0.3) is 0 Å². The second kappa shape index (κ2) is 2.83. The lowest BCUT2D eigenvalue weighted by Gasteiger charge is -2.17. The van der Waals surface area contributed by atoms with Crippen molar-refractivity contribution in [3.63, 3.8) is 0 Å². The first kappa shape index (κ1) is 7.13. The molecule has 1 aromatic carbocycles. The van der Waals surface area contributed by atoms with Gasteiger partial charge >= 0.3 is 0 Å². The predicted molar refractivity (Wildman–Crippen MR) is 54.0 cm³/mol. The third-order valence-electron chi connectivity index (χ3n) is 1.61. The first-order chi connectivity index (χ1) is 5.36. The lowest BCUT2D eigenvalue weighted by molar-refractivity contribution is 1.41. The van der Waals surface area contributed by atoms with E-state index in [4.69, 9.17) is 12.2 Å². The Bertz CT molecular complexity index is 296. The molecule has 2 rings (SSSR count). The predicted octanol–water partition coefficient (Wildman–Crippen LogP) is 2.63. The molecule has 1 heterocycles. The van der Waals surface area contributed by atoms with Gasteiger partial charge in [0.15, 0.2) is 0 Å². The number of hydrogen-bond acceptors (Lipinski definition) is 2. The molecule has 11 heavy (non-hydrogen) atoms. The van der Waals surface area contributed by atoms with Crippen LogP contribution in [0.5, 0.6) is 0 Å². The van der Waals surface area contributed by atoms with Crippen LogP contribution in [0.2, 0.25) is 0 Å². The summed E-state index contributed by atoms with van der Waals surface area (Å²) >= 11 is 6.71. The number of benzene rings is 1. The fourth-order valence-corrected chi connectivity index (χ4v) is 2.06. The van der Waals surface area contributed by atoms with Gasteiger partial charge in [-0.1, -0.05) is 42.2 Å². The Hall–Kier alpha value is -0.540. The SMILES string of the molecule is S=C1Nc2ccccc2CS1. The molecule has 0 saturated carbocycles.